The molecule has 0 radical (unpaired) electrons. The SMILES string of the molecule is CCOC1(OCC)N=C(N)c2c(Sc3ccc(C(C)(C)C)cc3)cccc21. The van der Waals surface area contributed by atoms with E-state index in [2.05, 4.69) is 56.1 Å². The Labute approximate surface area is 166 Å². The van der Waals surface area contributed by atoms with E-state index in [9.17, 15) is 0 Å². The van der Waals surface area contributed by atoms with E-state index in [1.54, 1.807) is 11.8 Å². The van der Waals surface area contributed by atoms with Crippen LogP contribution < -0.4 is 5.73 Å². The highest BCUT2D eigenvalue weighted by atomic mass is 32.2. The third-order valence-electron chi connectivity index (χ3n) is 4.52. The lowest BCUT2D eigenvalue weighted by Crippen LogP contribution is -2.29. The molecule has 0 bridgehead atoms. The molecule has 1 aliphatic heterocycles. The van der Waals surface area contributed by atoms with Gasteiger partial charge < -0.3 is 15.2 Å². The molecular formula is C22H28N2O2S. The highest BCUT2D eigenvalue weighted by Gasteiger charge is 2.42. The molecule has 0 fully saturated rings. The first-order chi connectivity index (χ1) is 12.8. The topological polar surface area (TPSA) is 56.8 Å². The lowest BCUT2D eigenvalue weighted by Gasteiger charge is -2.26. The van der Waals surface area contributed by atoms with E-state index in [1.807, 2.05) is 26.0 Å². The highest BCUT2D eigenvalue weighted by Crippen LogP contribution is 2.42. The van der Waals surface area contributed by atoms with Crippen LogP contribution in [0.25, 0.3) is 0 Å². The number of amidine groups is 1. The minimum atomic E-state index is -1.13. The Balaban J connectivity index is 1.96. The van der Waals surface area contributed by atoms with E-state index in [4.69, 9.17) is 15.2 Å². The molecule has 0 unspecified atom stereocenters. The van der Waals surface area contributed by atoms with Crippen molar-refractivity contribution in [1.82, 2.24) is 0 Å². The van der Waals surface area contributed by atoms with Crippen molar-refractivity contribution in [3.05, 3.63) is 59.2 Å². The van der Waals surface area contributed by atoms with Crippen molar-refractivity contribution < 1.29 is 9.47 Å². The van der Waals surface area contributed by atoms with Gasteiger partial charge in [-0.3, -0.25) is 0 Å². The summed E-state index contributed by atoms with van der Waals surface area (Å²) in [6, 6.07) is 14.7. The lowest BCUT2D eigenvalue weighted by molar-refractivity contribution is -0.234. The quantitative estimate of drug-likeness (QED) is 0.709. The molecule has 2 aromatic carbocycles. The fraction of sp³-hybridized carbons (Fsp3) is 0.409. The second-order valence-electron chi connectivity index (χ2n) is 7.50. The van der Waals surface area contributed by atoms with Crippen LogP contribution in [0.2, 0.25) is 0 Å². The van der Waals surface area contributed by atoms with E-state index in [-0.39, 0.29) is 5.41 Å². The largest absolute Gasteiger partial charge is 0.383 e. The summed E-state index contributed by atoms with van der Waals surface area (Å²) in [5.41, 5.74) is 9.54. The Morgan fingerprint density at radius 1 is 1.00 bits per heavy atom. The van der Waals surface area contributed by atoms with Gasteiger partial charge in [-0.2, -0.15) is 0 Å². The van der Waals surface area contributed by atoms with Gasteiger partial charge >= 0.3 is 5.91 Å². The van der Waals surface area contributed by atoms with Gasteiger partial charge in [0.25, 0.3) is 0 Å². The zero-order valence-corrected chi connectivity index (χ0v) is 17.5. The van der Waals surface area contributed by atoms with Gasteiger partial charge in [-0.1, -0.05) is 56.8 Å². The number of hydrogen-bond donors (Lipinski definition) is 1. The molecule has 4 nitrogen and oxygen atoms in total. The molecule has 5 heteroatoms. The number of fused-ring (bicyclic) bond motifs is 1. The van der Waals surface area contributed by atoms with Gasteiger partial charge in [-0.15, -0.1) is 0 Å². The zero-order chi connectivity index (χ0) is 19.7. The number of aliphatic imine (C=N–C) groups is 1. The van der Waals surface area contributed by atoms with Crippen LogP contribution >= 0.6 is 11.8 Å². The molecule has 0 aromatic heterocycles. The van der Waals surface area contributed by atoms with Crippen LogP contribution in [0, 0.1) is 0 Å². The predicted octanol–water partition coefficient (Wildman–Crippen LogP) is 5.04. The highest BCUT2D eigenvalue weighted by molar-refractivity contribution is 7.99. The summed E-state index contributed by atoms with van der Waals surface area (Å²) in [4.78, 5) is 6.77. The second-order valence-corrected chi connectivity index (χ2v) is 8.62. The molecule has 2 aromatic rings. The first-order valence-electron chi connectivity index (χ1n) is 9.36. The maximum atomic E-state index is 6.29. The molecule has 27 heavy (non-hydrogen) atoms. The van der Waals surface area contributed by atoms with E-state index < -0.39 is 5.91 Å². The summed E-state index contributed by atoms with van der Waals surface area (Å²) < 4.78 is 11.8. The summed E-state index contributed by atoms with van der Waals surface area (Å²) in [5.74, 6) is -0.670. The molecule has 2 N–H and O–H groups in total. The number of benzene rings is 2. The van der Waals surface area contributed by atoms with Gasteiger partial charge in [0.05, 0.1) is 0 Å². The normalized spacial score (nSPS) is 15.5. The Hall–Kier alpha value is -1.82. The molecule has 0 amide bonds. The maximum absolute atomic E-state index is 6.29. The third-order valence-corrected chi connectivity index (χ3v) is 5.59. The Bertz CT molecular complexity index is 832. The van der Waals surface area contributed by atoms with Crippen LogP contribution in [0.5, 0.6) is 0 Å². The van der Waals surface area contributed by atoms with Crippen molar-refractivity contribution in [3.63, 3.8) is 0 Å². The van der Waals surface area contributed by atoms with Crippen LogP contribution in [-0.4, -0.2) is 19.0 Å². The van der Waals surface area contributed by atoms with E-state index in [0.717, 1.165) is 20.9 Å². The number of hydrogen-bond acceptors (Lipinski definition) is 5. The van der Waals surface area contributed by atoms with Crippen LogP contribution in [0.3, 0.4) is 0 Å². The van der Waals surface area contributed by atoms with Crippen LogP contribution in [0.4, 0.5) is 0 Å². The van der Waals surface area contributed by atoms with Gasteiger partial charge in [0, 0.05) is 34.1 Å². The van der Waals surface area contributed by atoms with E-state index >= 15 is 0 Å². The molecule has 0 saturated carbocycles. The smallest absolute Gasteiger partial charge is 0.300 e. The van der Waals surface area contributed by atoms with Gasteiger partial charge in [0.2, 0.25) is 0 Å². The summed E-state index contributed by atoms with van der Waals surface area (Å²) in [6.07, 6.45) is 0. The lowest BCUT2D eigenvalue weighted by atomic mass is 9.87. The average Bonchev–Trinajstić information content (AvgIpc) is 2.88. The summed E-state index contributed by atoms with van der Waals surface area (Å²) in [6.45, 7) is 11.5. The fourth-order valence-electron chi connectivity index (χ4n) is 3.22. The molecular weight excluding hydrogens is 356 g/mol. The second kappa shape index (κ2) is 7.66. The van der Waals surface area contributed by atoms with Crippen molar-refractivity contribution >= 4 is 17.6 Å². The van der Waals surface area contributed by atoms with Crippen LogP contribution in [0.1, 0.15) is 51.3 Å². The molecule has 0 atom stereocenters. The molecule has 1 aliphatic rings. The minimum absolute atomic E-state index is 0.142. The van der Waals surface area contributed by atoms with E-state index in [0.29, 0.717) is 19.0 Å². The molecule has 144 valence electrons. The predicted molar refractivity (Wildman–Crippen MR) is 111 cm³/mol. The first-order valence-corrected chi connectivity index (χ1v) is 10.2. The summed E-state index contributed by atoms with van der Waals surface area (Å²) in [7, 11) is 0. The van der Waals surface area contributed by atoms with Gasteiger partial charge in [0.1, 0.15) is 5.84 Å². The first kappa shape index (κ1) is 19.9. The Morgan fingerprint density at radius 3 is 2.19 bits per heavy atom. The summed E-state index contributed by atoms with van der Waals surface area (Å²) in [5, 5.41) is 0. The number of nitrogens with zero attached hydrogens (tertiary/aromatic N) is 1. The van der Waals surface area contributed by atoms with E-state index in [1.165, 1.54) is 5.56 Å². The van der Waals surface area contributed by atoms with Crippen molar-refractivity contribution in [2.45, 2.75) is 55.7 Å². The fourth-order valence-corrected chi connectivity index (χ4v) is 4.21. The van der Waals surface area contributed by atoms with Crippen molar-refractivity contribution in [2.24, 2.45) is 10.7 Å². The number of ether oxygens (including phenoxy) is 2. The number of rotatable bonds is 6. The molecule has 3 rings (SSSR count). The molecule has 0 saturated heterocycles. The van der Waals surface area contributed by atoms with Crippen molar-refractivity contribution in [3.8, 4) is 0 Å². The van der Waals surface area contributed by atoms with Gasteiger partial charge in [0.15, 0.2) is 0 Å². The molecule has 0 spiro atoms. The average molecular weight is 385 g/mol. The van der Waals surface area contributed by atoms with Crippen LogP contribution in [0.15, 0.2) is 57.2 Å². The van der Waals surface area contributed by atoms with Gasteiger partial charge in [-0.25, -0.2) is 4.99 Å². The Kier molecular flexibility index (Phi) is 5.65. The molecule has 1 heterocycles. The standard InChI is InChI=1S/C22H28N2O2S/c1-6-25-22(26-7-2)17-9-8-10-18(19(17)20(23)24-22)27-16-13-11-15(12-14-16)21(3,4)5/h8-14H,6-7H2,1-5H3,(H2,23,24). The van der Waals surface area contributed by atoms with Crippen LogP contribution in [-0.2, 0) is 20.8 Å². The Morgan fingerprint density at radius 2 is 1.63 bits per heavy atom. The van der Waals surface area contributed by atoms with Gasteiger partial charge in [-0.05, 0) is 43.0 Å². The van der Waals surface area contributed by atoms with Crippen molar-refractivity contribution in [2.75, 3.05) is 13.2 Å². The monoisotopic (exact) mass is 384 g/mol. The molecule has 0 aliphatic carbocycles. The minimum Gasteiger partial charge on any atom is -0.383 e. The summed E-state index contributed by atoms with van der Waals surface area (Å²) >= 11 is 1.68. The third kappa shape index (κ3) is 3.91. The maximum Gasteiger partial charge on any atom is 0.300 e. The number of nitrogens with two attached hydrogens (primary N) is 1. The zero-order valence-electron chi connectivity index (χ0n) is 16.7. The van der Waals surface area contributed by atoms with Crippen molar-refractivity contribution in [1.29, 1.82) is 0 Å².